The molecular formula is C16H28N2O3. The summed E-state index contributed by atoms with van der Waals surface area (Å²) in [5.41, 5.74) is 0. The van der Waals surface area contributed by atoms with Crippen LogP contribution in [0.2, 0.25) is 0 Å². The third-order valence-corrected chi connectivity index (χ3v) is 4.35. The van der Waals surface area contributed by atoms with Crippen LogP contribution in [-0.4, -0.2) is 52.6 Å². The second kappa shape index (κ2) is 7.14. The Balaban J connectivity index is 1.89. The molecule has 0 aromatic heterocycles. The van der Waals surface area contributed by atoms with Gasteiger partial charge in [-0.25, -0.2) is 4.79 Å². The molecule has 2 amide bonds. The summed E-state index contributed by atoms with van der Waals surface area (Å²) in [6.07, 6.45) is 5.21. The highest BCUT2D eigenvalue weighted by Gasteiger charge is 2.36. The third kappa shape index (κ3) is 4.90. The molecule has 1 aliphatic carbocycles. The van der Waals surface area contributed by atoms with Crippen molar-refractivity contribution in [3.8, 4) is 0 Å². The number of carboxylic acid groups (broad SMARTS) is 1. The molecule has 0 aromatic carbocycles. The van der Waals surface area contributed by atoms with E-state index in [-0.39, 0.29) is 12.5 Å². The second-order valence-corrected chi connectivity index (χ2v) is 6.95. The molecule has 5 heteroatoms. The summed E-state index contributed by atoms with van der Waals surface area (Å²) in [4.78, 5) is 27.4. The molecule has 1 saturated heterocycles. The first-order chi connectivity index (χ1) is 9.97. The van der Waals surface area contributed by atoms with E-state index in [1.807, 2.05) is 9.80 Å². The number of likely N-dealkylation sites (tertiary alicyclic amines) is 1. The molecule has 0 bridgehead atoms. The molecule has 0 aromatic rings. The SMILES string of the molecule is CC(C)CN(C(=O)N1CCCC(CCC(=O)O)C1)C1CC1. The fourth-order valence-corrected chi connectivity index (χ4v) is 3.15. The average molecular weight is 296 g/mol. The zero-order valence-corrected chi connectivity index (χ0v) is 13.3. The van der Waals surface area contributed by atoms with Crippen LogP contribution in [0.4, 0.5) is 4.79 Å². The van der Waals surface area contributed by atoms with Gasteiger partial charge >= 0.3 is 12.0 Å². The summed E-state index contributed by atoms with van der Waals surface area (Å²) in [5, 5.41) is 8.80. The predicted molar refractivity (Wildman–Crippen MR) is 81.1 cm³/mol. The van der Waals surface area contributed by atoms with Gasteiger partial charge in [0.2, 0.25) is 0 Å². The first kappa shape index (κ1) is 16.1. The molecule has 1 N–H and O–H groups in total. The number of amides is 2. The van der Waals surface area contributed by atoms with E-state index in [1.54, 1.807) is 0 Å². The Labute approximate surface area is 127 Å². The third-order valence-electron chi connectivity index (χ3n) is 4.35. The van der Waals surface area contributed by atoms with Gasteiger partial charge in [0.05, 0.1) is 0 Å². The van der Waals surface area contributed by atoms with Crippen molar-refractivity contribution < 1.29 is 14.7 Å². The van der Waals surface area contributed by atoms with E-state index in [0.29, 0.717) is 24.3 Å². The van der Waals surface area contributed by atoms with Crippen LogP contribution in [0.25, 0.3) is 0 Å². The normalized spacial score (nSPS) is 22.4. The summed E-state index contributed by atoms with van der Waals surface area (Å²) in [6, 6.07) is 0.616. The number of piperidine rings is 1. The maximum Gasteiger partial charge on any atom is 0.320 e. The summed E-state index contributed by atoms with van der Waals surface area (Å²) >= 11 is 0. The Hall–Kier alpha value is -1.26. The fraction of sp³-hybridized carbons (Fsp3) is 0.875. The molecule has 1 unspecified atom stereocenters. The topological polar surface area (TPSA) is 60.9 Å². The first-order valence-electron chi connectivity index (χ1n) is 8.24. The van der Waals surface area contributed by atoms with Crippen LogP contribution in [0.15, 0.2) is 0 Å². The molecule has 5 nitrogen and oxygen atoms in total. The van der Waals surface area contributed by atoms with E-state index in [4.69, 9.17) is 5.11 Å². The fourth-order valence-electron chi connectivity index (χ4n) is 3.15. The number of urea groups is 1. The number of nitrogens with zero attached hydrogens (tertiary/aromatic N) is 2. The van der Waals surface area contributed by atoms with Crippen LogP contribution >= 0.6 is 0 Å². The quantitative estimate of drug-likeness (QED) is 0.820. The highest BCUT2D eigenvalue weighted by Crippen LogP contribution is 2.30. The first-order valence-corrected chi connectivity index (χ1v) is 8.24. The van der Waals surface area contributed by atoms with E-state index in [0.717, 1.165) is 45.3 Å². The van der Waals surface area contributed by atoms with E-state index < -0.39 is 5.97 Å². The van der Waals surface area contributed by atoms with E-state index in [2.05, 4.69) is 13.8 Å². The Morgan fingerprint density at radius 1 is 1.29 bits per heavy atom. The van der Waals surface area contributed by atoms with Gasteiger partial charge in [0, 0.05) is 32.1 Å². The number of rotatable bonds is 6. The lowest BCUT2D eigenvalue weighted by molar-refractivity contribution is -0.137. The van der Waals surface area contributed by atoms with E-state index in [9.17, 15) is 9.59 Å². The highest BCUT2D eigenvalue weighted by atomic mass is 16.4. The average Bonchev–Trinajstić information content (AvgIpc) is 3.26. The van der Waals surface area contributed by atoms with Crippen molar-refractivity contribution >= 4 is 12.0 Å². The maximum absolute atomic E-state index is 12.7. The molecule has 0 spiro atoms. The van der Waals surface area contributed by atoms with Crippen LogP contribution in [0, 0.1) is 11.8 Å². The zero-order valence-electron chi connectivity index (χ0n) is 13.3. The second-order valence-electron chi connectivity index (χ2n) is 6.95. The van der Waals surface area contributed by atoms with Crippen molar-refractivity contribution in [2.45, 2.75) is 58.4 Å². The Morgan fingerprint density at radius 2 is 2.00 bits per heavy atom. The van der Waals surface area contributed by atoms with E-state index in [1.165, 1.54) is 0 Å². The Bertz CT molecular complexity index is 380. The minimum Gasteiger partial charge on any atom is -0.481 e. The van der Waals surface area contributed by atoms with Gasteiger partial charge in [0.1, 0.15) is 0 Å². The monoisotopic (exact) mass is 296 g/mol. The van der Waals surface area contributed by atoms with Crippen molar-refractivity contribution in [1.82, 2.24) is 9.80 Å². The molecule has 120 valence electrons. The predicted octanol–water partition coefficient (Wildman–Crippen LogP) is 2.80. The van der Waals surface area contributed by atoms with Crippen molar-refractivity contribution in [3.05, 3.63) is 0 Å². The van der Waals surface area contributed by atoms with Crippen molar-refractivity contribution in [3.63, 3.8) is 0 Å². The van der Waals surface area contributed by atoms with Crippen LogP contribution in [-0.2, 0) is 4.79 Å². The summed E-state index contributed by atoms with van der Waals surface area (Å²) < 4.78 is 0. The number of hydrogen-bond acceptors (Lipinski definition) is 2. The summed E-state index contributed by atoms with van der Waals surface area (Å²) in [7, 11) is 0. The molecule has 1 heterocycles. The van der Waals surface area contributed by atoms with Crippen molar-refractivity contribution in [1.29, 1.82) is 0 Å². The van der Waals surface area contributed by atoms with E-state index >= 15 is 0 Å². The number of aliphatic carboxylic acids is 1. The Kier molecular flexibility index (Phi) is 5.48. The number of carbonyl (C=O) groups is 2. The molecular weight excluding hydrogens is 268 g/mol. The molecule has 21 heavy (non-hydrogen) atoms. The van der Waals surface area contributed by atoms with Gasteiger partial charge in [-0.15, -0.1) is 0 Å². The maximum atomic E-state index is 12.7. The van der Waals surface area contributed by atoms with Gasteiger partial charge in [-0.1, -0.05) is 13.8 Å². The van der Waals surface area contributed by atoms with Gasteiger partial charge in [-0.3, -0.25) is 4.79 Å². The standard InChI is InChI=1S/C16H28N2O3/c1-12(2)10-18(14-6-7-14)16(21)17-9-3-4-13(11-17)5-8-15(19)20/h12-14H,3-11H2,1-2H3,(H,19,20). The van der Waals surface area contributed by atoms with Crippen LogP contribution < -0.4 is 0 Å². The molecule has 1 atom stereocenters. The highest BCUT2D eigenvalue weighted by molar-refractivity contribution is 5.75. The van der Waals surface area contributed by atoms with Gasteiger partial charge in [-0.05, 0) is 43.9 Å². The molecule has 1 saturated carbocycles. The van der Waals surface area contributed by atoms with Crippen molar-refractivity contribution in [2.24, 2.45) is 11.8 Å². The minimum absolute atomic E-state index is 0.172. The van der Waals surface area contributed by atoms with Gasteiger partial charge in [0.25, 0.3) is 0 Å². The molecule has 2 aliphatic rings. The zero-order chi connectivity index (χ0) is 15.4. The smallest absolute Gasteiger partial charge is 0.320 e. The Morgan fingerprint density at radius 3 is 2.57 bits per heavy atom. The van der Waals surface area contributed by atoms with Gasteiger partial charge < -0.3 is 14.9 Å². The largest absolute Gasteiger partial charge is 0.481 e. The molecule has 1 aliphatic heterocycles. The van der Waals surface area contributed by atoms with Crippen LogP contribution in [0.3, 0.4) is 0 Å². The van der Waals surface area contributed by atoms with Crippen LogP contribution in [0.1, 0.15) is 52.4 Å². The number of hydrogen-bond donors (Lipinski definition) is 1. The van der Waals surface area contributed by atoms with Gasteiger partial charge in [-0.2, -0.15) is 0 Å². The number of carboxylic acids is 1. The lowest BCUT2D eigenvalue weighted by Gasteiger charge is -2.37. The summed E-state index contributed by atoms with van der Waals surface area (Å²) in [6.45, 7) is 6.68. The minimum atomic E-state index is -0.738. The summed E-state index contributed by atoms with van der Waals surface area (Å²) in [5.74, 6) is 0.0962. The molecule has 2 fully saturated rings. The lowest BCUT2D eigenvalue weighted by atomic mass is 9.93. The molecule has 2 rings (SSSR count). The lowest BCUT2D eigenvalue weighted by Crippen LogP contribution is -2.49. The molecule has 0 radical (unpaired) electrons. The van der Waals surface area contributed by atoms with Crippen LogP contribution in [0.5, 0.6) is 0 Å². The number of carbonyl (C=O) groups excluding carboxylic acids is 1. The van der Waals surface area contributed by atoms with Gasteiger partial charge in [0.15, 0.2) is 0 Å². The van der Waals surface area contributed by atoms with Crippen molar-refractivity contribution in [2.75, 3.05) is 19.6 Å².